The molecule has 2 aliphatic carbocycles. The summed E-state index contributed by atoms with van der Waals surface area (Å²) in [5, 5.41) is 5.63. The molecule has 0 aromatic heterocycles. The van der Waals surface area contributed by atoms with E-state index in [1.54, 1.807) is 22.3 Å². The maximum Gasteiger partial charge on any atom is -0.147 e. The van der Waals surface area contributed by atoms with E-state index in [0.29, 0.717) is 0 Å². The zero-order chi connectivity index (χ0) is 20.7. The number of allylic oxidation sites excluding steroid dienone is 2. The minimum absolute atomic E-state index is 0. The molecule has 3 heteroatoms. The third kappa shape index (κ3) is 3.20. The van der Waals surface area contributed by atoms with Crippen molar-refractivity contribution in [2.75, 3.05) is 0 Å². The minimum Gasteiger partial charge on any atom is -0.147 e. The summed E-state index contributed by atoms with van der Waals surface area (Å²) in [6, 6.07) is 27.5. The van der Waals surface area contributed by atoms with E-state index in [1.807, 2.05) is 0 Å². The van der Waals surface area contributed by atoms with Crippen molar-refractivity contribution < 1.29 is 20.3 Å². The Bertz CT molecular complexity index is 1370. The molecule has 4 aromatic carbocycles. The number of benzene rings is 4. The molecular formula is C30H28Cl2Zr. The number of hydrogen-bond acceptors (Lipinski definition) is 0. The second-order valence-corrected chi connectivity index (χ2v) is 21.3. The fraction of sp³-hybridized carbons (Fsp3) is 0.200. The Morgan fingerprint density at radius 1 is 0.576 bits per heavy atom. The van der Waals surface area contributed by atoms with Crippen LogP contribution in [0.5, 0.6) is 0 Å². The van der Waals surface area contributed by atoms with Gasteiger partial charge in [0.05, 0.1) is 0 Å². The van der Waals surface area contributed by atoms with E-state index in [1.165, 1.54) is 40.9 Å². The molecule has 166 valence electrons. The molecule has 33 heavy (non-hydrogen) atoms. The van der Waals surface area contributed by atoms with Gasteiger partial charge in [0, 0.05) is 0 Å². The van der Waals surface area contributed by atoms with E-state index in [-0.39, 0.29) is 24.8 Å². The quantitative estimate of drug-likeness (QED) is 0.233. The first-order valence-electron chi connectivity index (χ1n) is 11.6. The van der Waals surface area contributed by atoms with Crippen LogP contribution in [0.2, 0.25) is 8.26 Å². The Kier molecular flexibility index (Phi) is 5.76. The Labute approximate surface area is 213 Å². The Hall–Kier alpha value is -1.66. The van der Waals surface area contributed by atoms with Crippen molar-refractivity contribution in [3.8, 4) is 0 Å². The molecule has 0 bridgehead atoms. The zero-order valence-electron chi connectivity index (χ0n) is 19.0. The van der Waals surface area contributed by atoms with Gasteiger partial charge in [-0.1, -0.05) is 0 Å². The van der Waals surface area contributed by atoms with Crippen molar-refractivity contribution in [1.82, 2.24) is 0 Å². The van der Waals surface area contributed by atoms with Gasteiger partial charge in [-0.15, -0.1) is 24.8 Å². The first-order chi connectivity index (χ1) is 15.2. The fourth-order valence-corrected chi connectivity index (χ4v) is 24.7. The third-order valence-corrected chi connectivity index (χ3v) is 21.8. The van der Waals surface area contributed by atoms with Gasteiger partial charge >= 0.3 is 190 Å². The predicted octanol–water partition coefficient (Wildman–Crippen LogP) is 9.46. The van der Waals surface area contributed by atoms with Crippen LogP contribution in [0.25, 0.3) is 33.7 Å². The normalized spacial score (nSPS) is 21.5. The molecule has 2 atom stereocenters. The standard InChI is InChI=1S/2C14H11.C2H4.2ClH.Zr/c2*1-10-8-12-7-6-11-4-2-3-5-13(11)14(12)9-10;1-2;;;/h2*2-9H,1H3;1-2H2;2*1H;. The first kappa shape index (κ1) is 23.1. The van der Waals surface area contributed by atoms with Crippen molar-refractivity contribution in [2.24, 2.45) is 0 Å². The summed E-state index contributed by atoms with van der Waals surface area (Å²) >= 11 is -2.47. The minimum atomic E-state index is -2.47. The smallest absolute Gasteiger partial charge is 0.147 e. The van der Waals surface area contributed by atoms with Gasteiger partial charge in [0.2, 0.25) is 0 Å². The zero-order valence-corrected chi connectivity index (χ0v) is 23.1. The molecule has 1 saturated heterocycles. The molecule has 1 aliphatic heterocycles. The van der Waals surface area contributed by atoms with Gasteiger partial charge in [-0.05, 0) is 0 Å². The van der Waals surface area contributed by atoms with Gasteiger partial charge in [-0.2, -0.15) is 0 Å². The van der Waals surface area contributed by atoms with Crippen molar-refractivity contribution in [3.63, 3.8) is 0 Å². The summed E-state index contributed by atoms with van der Waals surface area (Å²) in [5.74, 6) is 0. The average molecular weight is 551 g/mol. The van der Waals surface area contributed by atoms with Crippen LogP contribution in [-0.4, -0.2) is 0 Å². The summed E-state index contributed by atoms with van der Waals surface area (Å²) in [6.07, 6.45) is 5.07. The van der Waals surface area contributed by atoms with E-state index in [4.69, 9.17) is 0 Å². The molecular weight excluding hydrogens is 522 g/mol. The number of halogens is 2. The molecule has 3 aliphatic rings. The van der Waals surface area contributed by atoms with Crippen molar-refractivity contribution in [3.05, 3.63) is 106 Å². The topological polar surface area (TPSA) is 0 Å². The van der Waals surface area contributed by atoms with Crippen LogP contribution in [0.1, 0.15) is 43.4 Å². The molecule has 7 rings (SSSR count). The molecule has 0 radical (unpaired) electrons. The largest absolute Gasteiger partial charge is 0.147 e. The van der Waals surface area contributed by atoms with E-state index in [0.717, 1.165) is 7.25 Å². The number of rotatable bonds is 2. The fourth-order valence-electron chi connectivity index (χ4n) is 6.98. The second kappa shape index (κ2) is 8.23. The van der Waals surface area contributed by atoms with E-state index in [2.05, 4.69) is 98.8 Å². The van der Waals surface area contributed by atoms with Crippen LogP contribution in [0.15, 0.2) is 83.9 Å². The predicted molar refractivity (Wildman–Crippen MR) is 145 cm³/mol. The van der Waals surface area contributed by atoms with Gasteiger partial charge in [0.25, 0.3) is 0 Å². The molecule has 0 saturated carbocycles. The Balaban J connectivity index is 0.00000114. The van der Waals surface area contributed by atoms with E-state index < -0.39 is 20.3 Å². The molecule has 1 heterocycles. The van der Waals surface area contributed by atoms with Crippen LogP contribution < -0.4 is 0 Å². The number of fused-ring (bicyclic) bond motifs is 6. The van der Waals surface area contributed by atoms with Crippen LogP contribution in [0.4, 0.5) is 0 Å². The molecule has 0 N–H and O–H groups in total. The van der Waals surface area contributed by atoms with Crippen LogP contribution in [0.3, 0.4) is 0 Å². The molecule has 2 unspecified atom stereocenters. The average Bonchev–Trinajstić information content (AvgIpc) is 3.37. The number of hydrogen-bond donors (Lipinski definition) is 0. The van der Waals surface area contributed by atoms with Crippen molar-refractivity contribution >= 4 is 58.5 Å². The summed E-state index contributed by atoms with van der Waals surface area (Å²) < 4.78 is 4.53. The van der Waals surface area contributed by atoms with Crippen LogP contribution >= 0.6 is 24.8 Å². The molecule has 0 spiro atoms. The monoisotopic (exact) mass is 548 g/mol. The third-order valence-electron chi connectivity index (χ3n) is 8.26. The Morgan fingerprint density at radius 3 is 1.42 bits per heavy atom. The molecule has 4 aromatic rings. The summed E-state index contributed by atoms with van der Waals surface area (Å²) in [6.45, 7) is 4.84. The van der Waals surface area contributed by atoms with E-state index >= 15 is 0 Å². The van der Waals surface area contributed by atoms with Crippen molar-refractivity contribution in [2.45, 2.75) is 29.4 Å². The molecule has 0 nitrogen and oxygen atoms in total. The van der Waals surface area contributed by atoms with Gasteiger partial charge < -0.3 is 0 Å². The van der Waals surface area contributed by atoms with Gasteiger partial charge in [0.1, 0.15) is 0 Å². The SMILES string of the molecule is CC1=Cc2c(ccc3ccccc23)[CH]1[Zr]1([CH]2C(C)=Cc3c2ccc2ccccc32)[CH2][CH2]1.Cl.Cl. The van der Waals surface area contributed by atoms with Gasteiger partial charge in [-0.25, -0.2) is 0 Å². The van der Waals surface area contributed by atoms with Crippen molar-refractivity contribution in [1.29, 1.82) is 0 Å². The Morgan fingerprint density at radius 2 is 1.00 bits per heavy atom. The maximum absolute atomic E-state index is 2.54. The van der Waals surface area contributed by atoms with E-state index in [9.17, 15) is 0 Å². The van der Waals surface area contributed by atoms with Crippen LogP contribution in [-0.2, 0) is 20.3 Å². The van der Waals surface area contributed by atoms with Gasteiger partial charge in [0.15, 0.2) is 0 Å². The van der Waals surface area contributed by atoms with Gasteiger partial charge in [-0.3, -0.25) is 0 Å². The summed E-state index contributed by atoms with van der Waals surface area (Å²) in [5.41, 5.74) is 9.60. The molecule has 1 fully saturated rings. The summed E-state index contributed by atoms with van der Waals surface area (Å²) in [4.78, 5) is 0. The molecule has 0 amide bonds. The second-order valence-electron chi connectivity index (χ2n) is 9.96. The summed E-state index contributed by atoms with van der Waals surface area (Å²) in [7, 11) is 0. The first-order valence-corrected chi connectivity index (χ1v) is 17.9. The van der Waals surface area contributed by atoms with Crippen LogP contribution in [0, 0.1) is 0 Å². The maximum atomic E-state index is 2.54.